The minimum absolute atomic E-state index is 0.00206. The molecule has 324 valence electrons. The van der Waals surface area contributed by atoms with Crippen LogP contribution < -0.4 is 33.7 Å². The lowest BCUT2D eigenvalue weighted by molar-refractivity contribution is -0.138. The first-order valence-electron chi connectivity index (χ1n) is 20.1. The summed E-state index contributed by atoms with van der Waals surface area (Å²) >= 11 is 0. The number of fused-ring (bicyclic) bond motifs is 8. The van der Waals surface area contributed by atoms with Crippen molar-refractivity contribution in [1.82, 2.24) is 5.32 Å². The summed E-state index contributed by atoms with van der Waals surface area (Å²) in [4.78, 5) is 23.6. The second-order valence-corrected chi connectivity index (χ2v) is 14.8. The van der Waals surface area contributed by atoms with Crippen LogP contribution in [0.15, 0.2) is 97.1 Å². The lowest BCUT2D eigenvalue weighted by Gasteiger charge is -2.39. The third-order valence-electron chi connectivity index (χ3n) is 11.1. The molecule has 1 amide bonds. The van der Waals surface area contributed by atoms with Gasteiger partial charge < -0.3 is 52.7 Å². The van der Waals surface area contributed by atoms with Gasteiger partial charge in [0.25, 0.3) is 0 Å². The van der Waals surface area contributed by atoms with E-state index in [1.54, 1.807) is 42.5 Å². The first-order valence-corrected chi connectivity index (χ1v) is 20.1. The maximum absolute atomic E-state index is 12.1. The molecule has 0 spiro atoms. The van der Waals surface area contributed by atoms with Crippen molar-refractivity contribution < 1.29 is 57.0 Å². The number of methoxy groups -OCH3 is 5. The number of amides is 1. The molecule has 0 aromatic heterocycles. The zero-order valence-corrected chi connectivity index (χ0v) is 36.0. The maximum Gasteiger partial charge on any atom is 0.407 e. The Morgan fingerprint density at radius 1 is 0.694 bits per heavy atom. The van der Waals surface area contributed by atoms with Crippen molar-refractivity contribution in [1.29, 1.82) is 0 Å². The average molecular weight is 846 g/mol. The normalized spacial score (nSPS) is 16.9. The lowest BCUT2D eigenvalue weighted by atomic mass is 9.80. The third-order valence-corrected chi connectivity index (χ3v) is 11.1. The molecule has 1 N–H and O–H groups in total. The highest BCUT2D eigenvalue weighted by molar-refractivity contribution is 6.09. The SMILES string of the molecule is C=C(C)C(=O)OCCNC(=O)OCCOCCOC1(C)c2cc(OC)ccc2-c2c1c1c(c3cc(OC)ccc23)OC(c2ccc(OC)cc2)(c2ccc(OC)c(OC)c2)C=C1. The maximum atomic E-state index is 12.1. The van der Waals surface area contributed by atoms with Crippen LogP contribution >= 0.6 is 0 Å². The van der Waals surface area contributed by atoms with Gasteiger partial charge in [0.1, 0.15) is 41.8 Å². The molecule has 2 atom stereocenters. The molecular weight excluding hydrogens is 795 g/mol. The standard InChI is InChI=1S/C49H51NO12/c1-30(2)46(51)59-22-21-50-47(52)60-25-23-58-24-26-61-48(3)40-29-35(55-6)15-17-37(40)43-36-16-14-34(54-5)28-39(36)45-38(44(43)48)19-20-49(62-45,31-9-12-33(53-4)13-10-31)32-11-18-41(56-7)42(27-32)57-8/h9-20,27-29H,1,21-26H2,2-8H3,(H,50,52). The molecule has 5 aromatic rings. The van der Waals surface area contributed by atoms with Gasteiger partial charge in [-0.3, -0.25) is 0 Å². The molecule has 7 rings (SSSR count). The summed E-state index contributed by atoms with van der Waals surface area (Å²) < 4.78 is 59.0. The summed E-state index contributed by atoms with van der Waals surface area (Å²) in [5, 5.41) is 4.34. The van der Waals surface area contributed by atoms with E-state index in [0.29, 0.717) is 34.5 Å². The van der Waals surface area contributed by atoms with Crippen molar-refractivity contribution >= 4 is 28.9 Å². The van der Waals surface area contributed by atoms with E-state index in [9.17, 15) is 9.59 Å². The van der Waals surface area contributed by atoms with Crippen molar-refractivity contribution in [2.24, 2.45) is 0 Å². The highest BCUT2D eigenvalue weighted by Crippen LogP contribution is 2.59. The Kier molecular flexibility index (Phi) is 13.0. The summed E-state index contributed by atoms with van der Waals surface area (Å²) in [5.41, 5.74) is 4.53. The number of benzene rings is 5. The fourth-order valence-corrected chi connectivity index (χ4v) is 8.03. The number of hydrogen-bond donors (Lipinski definition) is 1. The quantitative estimate of drug-likeness (QED) is 0.0515. The van der Waals surface area contributed by atoms with Crippen molar-refractivity contribution in [3.05, 3.63) is 125 Å². The van der Waals surface area contributed by atoms with Crippen molar-refractivity contribution in [2.75, 3.05) is 75.1 Å². The van der Waals surface area contributed by atoms with Crippen LogP contribution in [0.1, 0.15) is 41.7 Å². The van der Waals surface area contributed by atoms with E-state index in [1.807, 2.05) is 66.7 Å². The van der Waals surface area contributed by atoms with Crippen LogP contribution in [0.4, 0.5) is 4.79 Å². The van der Waals surface area contributed by atoms with Gasteiger partial charge in [0, 0.05) is 33.2 Å². The Bertz CT molecular complexity index is 2510. The molecule has 1 aliphatic carbocycles. The predicted octanol–water partition coefficient (Wildman–Crippen LogP) is 8.35. The lowest BCUT2D eigenvalue weighted by Crippen LogP contribution is -2.35. The summed E-state index contributed by atoms with van der Waals surface area (Å²) in [6.07, 6.45) is 3.54. The van der Waals surface area contributed by atoms with E-state index >= 15 is 0 Å². The third kappa shape index (κ3) is 8.20. The second-order valence-electron chi connectivity index (χ2n) is 14.8. The molecule has 1 aliphatic heterocycles. The Morgan fingerprint density at radius 3 is 2.08 bits per heavy atom. The van der Waals surface area contributed by atoms with Crippen LogP contribution in [-0.4, -0.2) is 87.2 Å². The van der Waals surface area contributed by atoms with Crippen LogP contribution in [0.2, 0.25) is 0 Å². The number of carbonyl (C=O) groups excluding carboxylic acids is 2. The smallest absolute Gasteiger partial charge is 0.407 e. The molecule has 0 radical (unpaired) electrons. The van der Waals surface area contributed by atoms with Crippen LogP contribution in [0.25, 0.3) is 28.0 Å². The highest BCUT2D eigenvalue weighted by Gasteiger charge is 2.47. The Labute approximate surface area is 361 Å². The predicted molar refractivity (Wildman–Crippen MR) is 234 cm³/mol. The molecule has 0 saturated carbocycles. The number of carbonyl (C=O) groups is 2. The van der Waals surface area contributed by atoms with E-state index < -0.39 is 23.3 Å². The van der Waals surface area contributed by atoms with Gasteiger partial charge in [-0.2, -0.15) is 0 Å². The Balaban J connectivity index is 1.24. The zero-order valence-electron chi connectivity index (χ0n) is 36.0. The molecule has 0 saturated heterocycles. The fourth-order valence-electron chi connectivity index (χ4n) is 8.03. The Morgan fingerprint density at radius 2 is 1.37 bits per heavy atom. The first-order chi connectivity index (χ1) is 30.0. The molecule has 1 heterocycles. The number of rotatable bonds is 18. The van der Waals surface area contributed by atoms with Gasteiger partial charge in [-0.25, -0.2) is 9.59 Å². The minimum atomic E-state index is -1.13. The van der Waals surface area contributed by atoms with E-state index in [2.05, 4.69) is 43.1 Å². The van der Waals surface area contributed by atoms with E-state index in [4.69, 9.17) is 47.4 Å². The molecule has 2 unspecified atom stereocenters. The minimum Gasteiger partial charge on any atom is -0.497 e. The summed E-state index contributed by atoms with van der Waals surface area (Å²) in [6, 6.07) is 25.7. The van der Waals surface area contributed by atoms with Crippen LogP contribution in [0, 0.1) is 0 Å². The van der Waals surface area contributed by atoms with Crippen LogP contribution in [-0.2, 0) is 34.9 Å². The van der Waals surface area contributed by atoms with Gasteiger partial charge in [-0.15, -0.1) is 0 Å². The van der Waals surface area contributed by atoms with Gasteiger partial charge in [0.2, 0.25) is 0 Å². The molecular formula is C49H51NO12. The monoisotopic (exact) mass is 845 g/mol. The summed E-state index contributed by atoms with van der Waals surface area (Å²) in [5.74, 6) is 3.34. The fraction of sp³-hybridized carbons (Fsp3) is 0.306. The second kappa shape index (κ2) is 18.5. The number of esters is 1. The van der Waals surface area contributed by atoms with Gasteiger partial charge >= 0.3 is 12.1 Å². The zero-order chi connectivity index (χ0) is 44.0. The number of hydrogen-bond acceptors (Lipinski definition) is 12. The number of alkyl carbamates (subject to hydrolysis) is 1. The van der Waals surface area contributed by atoms with Gasteiger partial charge in [-0.1, -0.05) is 36.9 Å². The average Bonchev–Trinajstić information content (AvgIpc) is 3.56. The number of ether oxygens (including phenoxy) is 10. The van der Waals surface area contributed by atoms with Crippen molar-refractivity contribution in [2.45, 2.75) is 25.0 Å². The van der Waals surface area contributed by atoms with Crippen molar-refractivity contribution in [3.8, 4) is 45.6 Å². The van der Waals surface area contributed by atoms with Crippen molar-refractivity contribution in [3.63, 3.8) is 0 Å². The molecule has 0 fully saturated rings. The molecule has 13 nitrogen and oxygen atoms in total. The van der Waals surface area contributed by atoms with Crippen LogP contribution in [0.3, 0.4) is 0 Å². The summed E-state index contributed by atoms with van der Waals surface area (Å²) in [7, 11) is 8.15. The summed E-state index contributed by atoms with van der Waals surface area (Å²) in [6.45, 7) is 7.81. The van der Waals surface area contributed by atoms with Gasteiger partial charge in [-0.05, 0) is 96.6 Å². The van der Waals surface area contributed by atoms with E-state index in [1.165, 1.54) is 0 Å². The van der Waals surface area contributed by atoms with Crippen LogP contribution in [0.5, 0.6) is 34.5 Å². The van der Waals surface area contributed by atoms with Gasteiger partial charge in [0.05, 0.1) is 61.9 Å². The number of nitrogens with one attached hydrogen (secondary N) is 1. The van der Waals surface area contributed by atoms with E-state index in [-0.39, 0.29) is 45.2 Å². The molecule has 5 aromatic carbocycles. The van der Waals surface area contributed by atoms with Gasteiger partial charge in [0.15, 0.2) is 17.1 Å². The molecule has 13 heteroatoms. The molecule has 2 aliphatic rings. The highest BCUT2D eigenvalue weighted by atomic mass is 16.6. The largest absolute Gasteiger partial charge is 0.497 e. The first kappa shape index (κ1) is 43.4. The molecule has 62 heavy (non-hydrogen) atoms. The Hall–Kier alpha value is -6.70. The topological polar surface area (TPSA) is 138 Å². The van der Waals surface area contributed by atoms with E-state index in [0.717, 1.165) is 49.7 Å². The molecule has 0 bridgehead atoms.